The zero-order valence-electron chi connectivity index (χ0n) is 10.5. The van der Waals surface area contributed by atoms with E-state index in [1.165, 1.54) is 29.1 Å². The molecule has 0 amide bonds. The van der Waals surface area contributed by atoms with Crippen LogP contribution < -0.4 is 11.3 Å². The molecule has 0 aliphatic rings. The van der Waals surface area contributed by atoms with Gasteiger partial charge in [-0.15, -0.1) is 0 Å². The number of esters is 1. The molecule has 2 aromatic rings. The number of pyridine rings is 2. The van der Waals surface area contributed by atoms with E-state index in [0.717, 1.165) is 0 Å². The zero-order chi connectivity index (χ0) is 14.5. The van der Waals surface area contributed by atoms with Crippen LogP contribution in [0.2, 0.25) is 5.02 Å². The lowest BCUT2D eigenvalue weighted by molar-refractivity contribution is -0.145. The second-order valence-corrected chi connectivity index (χ2v) is 4.46. The molecule has 20 heavy (non-hydrogen) atoms. The summed E-state index contributed by atoms with van der Waals surface area (Å²) in [4.78, 5) is 27.0. The third-order valence-corrected chi connectivity index (χ3v) is 2.89. The minimum atomic E-state index is -0.550. The van der Waals surface area contributed by atoms with E-state index < -0.39 is 5.97 Å². The van der Waals surface area contributed by atoms with Crippen LogP contribution in [0.1, 0.15) is 5.56 Å². The van der Waals surface area contributed by atoms with Crippen molar-refractivity contribution in [2.24, 2.45) is 0 Å². The van der Waals surface area contributed by atoms with Crippen molar-refractivity contribution in [3.05, 3.63) is 57.7 Å². The number of hydrogen-bond acceptors (Lipinski definition) is 5. The van der Waals surface area contributed by atoms with E-state index in [2.05, 4.69) is 4.98 Å². The van der Waals surface area contributed by atoms with Gasteiger partial charge in [-0.3, -0.25) is 14.6 Å². The Morgan fingerprint density at radius 1 is 1.40 bits per heavy atom. The number of halogens is 1. The van der Waals surface area contributed by atoms with Crippen molar-refractivity contribution >= 4 is 23.3 Å². The van der Waals surface area contributed by atoms with Gasteiger partial charge < -0.3 is 15.0 Å². The Kier molecular flexibility index (Phi) is 4.37. The lowest BCUT2D eigenvalue weighted by Crippen LogP contribution is -2.24. The van der Waals surface area contributed by atoms with Gasteiger partial charge in [0.15, 0.2) is 0 Å². The van der Waals surface area contributed by atoms with E-state index in [1.54, 1.807) is 12.3 Å². The molecule has 0 atom stereocenters. The highest BCUT2D eigenvalue weighted by Crippen LogP contribution is 2.14. The highest BCUT2D eigenvalue weighted by Gasteiger charge is 2.08. The Morgan fingerprint density at radius 3 is 2.95 bits per heavy atom. The van der Waals surface area contributed by atoms with Gasteiger partial charge in [-0.25, -0.2) is 0 Å². The van der Waals surface area contributed by atoms with Crippen LogP contribution in [-0.4, -0.2) is 15.5 Å². The lowest BCUT2D eigenvalue weighted by Gasteiger charge is -2.08. The second kappa shape index (κ2) is 6.21. The monoisotopic (exact) mass is 293 g/mol. The fraction of sp³-hybridized carbons (Fsp3) is 0.154. The van der Waals surface area contributed by atoms with E-state index >= 15 is 0 Å². The highest BCUT2D eigenvalue weighted by molar-refractivity contribution is 6.31. The molecule has 0 fully saturated rings. The van der Waals surface area contributed by atoms with Gasteiger partial charge in [0.25, 0.3) is 5.56 Å². The second-order valence-electron chi connectivity index (χ2n) is 4.06. The van der Waals surface area contributed by atoms with Gasteiger partial charge in [-0.2, -0.15) is 0 Å². The van der Waals surface area contributed by atoms with Crippen LogP contribution in [0.5, 0.6) is 0 Å². The van der Waals surface area contributed by atoms with Crippen LogP contribution in [0, 0.1) is 0 Å². The minimum absolute atomic E-state index is 0.0251. The summed E-state index contributed by atoms with van der Waals surface area (Å²) in [6.45, 7) is -0.177. The average molecular weight is 294 g/mol. The van der Waals surface area contributed by atoms with Crippen LogP contribution in [-0.2, 0) is 22.7 Å². The smallest absolute Gasteiger partial charge is 0.326 e. The fourth-order valence-corrected chi connectivity index (χ4v) is 1.71. The van der Waals surface area contributed by atoms with Crippen LogP contribution in [0.25, 0.3) is 0 Å². The van der Waals surface area contributed by atoms with Crippen molar-refractivity contribution in [3.63, 3.8) is 0 Å². The fourth-order valence-electron chi connectivity index (χ4n) is 1.54. The maximum absolute atomic E-state index is 11.7. The molecule has 0 saturated carbocycles. The van der Waals surface area contributed by atoms with Gasteiger partial charge in [0.05, 0.1) is 5.02 Å². The normalized spacial score (nSPS) is 10.2. The molecule has 0 saturated heterocycles. The average Bonchev–Trinajstić information content (AvgIpc) is 2.42. The lowest BCUT2D eigenvalue weighted by atomic mass is 10.3. The van der Waals surface area contributed by atoms with Gasteiger partial charge in [0, 0.05) is 35.9 Å². The Bertz CT molecular complexity index is 685. The molecule has 0 aromatic carbocycles. The quantitative estimate of drug-likeness (QED) is 0.857. The first-order valence-electron chi connectivity index (χ1n) is 5.76. The molecule has 6 nitrogen and oxygen atoms in total. The number of aromatic nitrogens is 2. The Morgan fingerprint density at radius 2 is 2.20 bits per heavy atom. The molecule has 2 rings (SSSR count). The SMILES string of the molecule is Nc1ccc(=O)n(CC(=O)OCc2ccncc2Cl)c1. The molecule has 2 N–H and O–H groups in total. The minimum Gasteiger partial charge on any atom is -0.459 e. The molecule has 2 heterocycles. The predicted molar refractivity (Wildman–Crippen MR) is 74.2 cm³/mol. The third kappa shape index (κ3) is 3.58. The van der Waals surface area contributed by atoms with Crippen molar-refractivity contribution < 1.29 is 9.53 Å². The number of nitrogen functional groups attached to an aromatic ring is 1. The number of carbonyl (C=O) groups excluding carboxylic acids is 1. The molecule has 0 radical (unpaired) electrons. The third-order valence-electron chi connectivity index (χ3n) is 2.55. The number of rotatable bonds is 4. The van der Waals surface area contributed by atoms with Crippen LogP contribution >= 0.6 is 11.6 Å². The van der Waals surface area contributed by atoms with Gasteiger partial charge in [0.2, 0.25) is 0 Å². The first kappa shape index (κ1) is 14.1. The number of ether oxygens (including phenoxy) is 1. The van der Waals surface area contributed by atoms with Crippen molar-refractivity contribution in [3.8, 4) is 0 Å². The molecule has 0 spiro atoms. The Hall–Kier alpha value is -2.34. The molecule has 104 valence electrons. The number of carbonyl (C=O) groups is 1. The summed E-state index contributed by atoms with van der Waals surface area (Å²) in [6.07, 6.45) is 4.41. The molecule has 0 bridgehead atoms. The largest absolute Gasteiger partial charge is 0.459 e. The summed E-state index contributed by atoms with van der Waals surface area (Å²) in [5.74, 6) is -0.550. The van der Waals surface area contributed by atoms with E-state index in [1.807, 2.05) is 0 Å². The highest BCUT2D eigenvalue weighted by atomic mass is 35.5. The zero-order valence-corrected chi connectivity index (χ0v) is 11.2. The first-order chi connectivity index (χ1) is 9.56. The molecule has 2 aromatic heterocycles. The topological polar surface area (TPSA) is 87.2 Å². The summed E-state index contributed by atoms with van der Waals surface area (Å²) in [5.41, 5.74) is 6.28. The van der Waals surface area contributed by atoms with Gasteiger partial charge >= 0.3 is 5.97 Å². The predicted octanol–water partition coefficient (Wildman–Crippen LogP) is 1.22. The molecular weight excluding hydrogens is 282 g/mol. The molecule has 7 heteroatoms. The molecule has 0 unspecified atom stereocenters. The summed E-state index contributed by atoms with van der Waals surface area (Å²) in [7, 11) is 0. The van der Waals surface area contributed by atoms with Crippen LogP contribution in [0.3, 0.4) is 0 Å². The van der Waals surface area contributed by atoms with E-state index in [-0.39, 0.29) is 18.7 Å². The Balaban J connectivity index is 1.98. The summed E-state index contributed by atoms with van der Waals surface area (Å²) in [5, 5.41) is 0.418. The van der Waals surface area contributed by atoms with Crippen molar-refractivity contribution in [2.75, 3.05) is 5.73 Å². The standard InChI is InChI=1S/C13H12ClN3O3/c14-11-5-16-4-3-9(11)8-20-13(19)7-17-6-10(15)1-2-12(17)18/h1-6H,7-8,15H2. The van der Waals surface area contributed by atoms with Gasteiger partial charge in [0.1, 0.15) is 13.2 Å². The summed E-state index contributed by atoms with van der Waals surface area (Å²) in [6, 6.07) is 4.42. The molecular formula is C13H12ClN3O3. The van der Waals surface area contributed by atoms with Gasteiger partial charge in [-0.1, -0.05) is 11.6 Å². The first-order valence-corrected chi connectivity index (χ1v) is 6.14. The van der Waals surface area contributed by atoms with Crippen molar-refractivity contribution in [2.45, 2.75) is 13.2 Å². The van der Waals surface area contributed by atoms with Crippen molar-refractivity contribution in [1.82, 2.24) is 9.55 Å². The maximum Gasteiger partial charge on any atom is 0.326 e. The molecule has 0 aliphatic carbocycles. The van der Waals surface area contributed by atoms with Crippen LogP contribution in [0.15, 0.2) is 41.6 Å². The van der Waals surface area contributed by atoms with E-state index in [4.69, 9.17) is 22.1 Å². The number of nitrogens with zero attached hydrogens (tertiary/aromatic N) is 2. The van der Waals surface area contributed by atoms with Gasteiger partial charge in [-0.05, 0) is 12.1 Å². The summed E-state index contributed by atoms with van der Waals surface area (Å²) < 4.78 is 6.24. The Labute approximate surface area is 119 Å². The maximum atomic E-state index is 11.7. The number of nitrogens with two attached hydrogens (primary N) is 1. The summed E-state index contributed by atoms with van der Waals surface area (Å²) >= 11 is 5.89. The van der Waals surface area contributed by atoms with Crippen molar-refractivity contribution in [1.29, 1.82) is 0 Å². The molecule has 0 aliphatic heterocycles. The number of anilines is 1. The number of hydrogen-bond donors (Lipinski definition) is 1. The van der Waals surface area contributed by atoms with E-state index in [0.29, 0.717) is 16.3 Å². The van der Waals surface area contributed by atoms with E-state index in [9.17, 15) is 9.59 Å². The van der Waals surface area contributed by atoms with Crippen LogP contribution in [0.4, 0.5) is 5.69 Å².